The molecule has 0 aliphatic heterocycles. The minimum atomic E-state index is -0.984. The molecule has 150 valence electrons. The highest BCUT2D eigenvalue weighted by Crippen LogP contribution is 2.30. The maximum atomic E-state index is 12.3. The van der Waals surface area contributed by atoms with Gasteiger partial charge in [-0.1, -0.05) is 24.3 Å². The zero-order valence-electron chi connectivity index (χ0n) is 16.5. The Bertz CT molecular complexity index is 818. The molecule has 1 amide bonds. The van der Waals surface area contributed by atoms with E-state index in [9.17, 15) is 14.7 Å². The molecule has 0 aromatic heterocycles. The monoisotopic (exact) mass is 385 g/mol. The fraction of sp³-hybridized carbons (Fsp3) is 0.364. The van der Waals surface area contributed by atoms with Crippen molar-refractivity contribution in [3.8, 4) is 11.5 Å². The van der Waals surface area contributed by atoms with Crippen LogP contribution in [-0.4, -0.2) is 30.2 Å². The molecular weight excluding hydrogens is 358 g/mol. The van der Waals surface area contributed by atoms with Gasteiger partial charge in [0.05, 0.1) is 24.8 Å². The summed E-state index contributed by atoms with van der Waals surface area (Å²) in [5.41, 5.74) is 1.79. The van der Waals surface area contributed by atoms with Crippen LogP contribution in [0.2, 0.25) is 0 Å². The maximum absolute atomic E-state index is 12.3. The van der Waals surface area contributed by atoms with Gasteiger partial charge in [0.15, 0.2) is 11.5 Å². The predicted molar refractivity (Wildman–Crippen MR) is 107 cm³/mol. The molecule has 1 unspecified atom stereocenters. The van der Waals surface area contributed by atoms with E-state index in [0.717, 1.165) is 5.56 Å². The van der Waals surface area contributed by atoms with Gasteiger partial charge in [-0.3, -0.25) is 4.79 Å². The van der Waals surface area contributed by atoms with E-state index in [1.807, 2.05) is 39.0 Å². The molecule has 0 saturated carbocycles. The van der Waals surface area contributed by atoms with Crippen LogP contribution in [-0.2, 0) is 11.2 Å². The summed E-state index contributed by atoms with van der Waals surface area (Å²) in [6.45, 7) is 6.78. The Hall–Kier alpha value is -3.02. The molecule has 0 aliphatic carbocycles. The number of ether oxygens (including phenoxy) is 2. The van der Waals surface area contributed by atoms with E-state index in [1.54, 1.807) is 24.3 Å². The van der Waals surface area contributed by atoms with Crippen molar-refractivity contribution >= 4 is 11.9 Å². The van der Waals surface area contributed by atoms with Crippen molar-refractivity contribution in [1.82, 2.24) is 5.32 Å². The summed E-state index contributed by atoms with van der Waals surface area (Å²) in [6, 6.07) is 12.1. The number of nitrogens with one attached hydrogen (secondary N) is 1. The van der Waals surface area contributed by atoms with Gasteiger partial charge in [0.2, 0.25) is 5.91 Å². The normalized spacial score (nSPS) is 11.5. The molecule has 1 atom stereocenters. The van der Waals surface area contributed by atoms with E-state index in [1.165, 1.54) is 0 Å². The van der Waals surface area contributed by atoms with Crippen LogP contribution in [0.15, 0.2) is 42.5 Å². The fourth-order valence-electron chi connectivity index (χ4n) is 2.93. The largest absolute Gasteiger partial charge is 0.490 e. The average molecular weight is 385 g/mol. The Morgan fingerprint density at radius 2 is 1.71 bits per heavy atom. The second kappa shape index (κ2) is 10.3. The number of hydrogen-bond acceptors (Lipinski definition) is 4. The molecule has 0 bridgehead atoms. The summed E-state index contributed by atoms with van der Waals surface area (Å²) in [4.78, 5) is 23.6. The molecule has 2 rings (SSSR count). The van der Waals surface area contributed by atoms with Crippen LogP contribution < -0.4 is 14.8 Å². The van der Waals surface area contributed by atoms with E-state index in [0.29, 0.717) is 36.7 Å². The summed E-state index contributed by atoms with van der Waals surface area (Å²) in [7, 11) is 0. The van der Waals surface area contributed by atoms with Crippen LogP contribution in [0.4, 0.5) is 0 Å². The van der Waals surface area contributed by atoms with E-state index in [-0.39, 0.29) is 23.9 Å². The van der Waals surface area contributed by atoms with Crippen molar-refractivity contribution in [3.05, 3.63) is 59.2 Å². The van der Waals surface area contributed by atoms with Gasteiger partial charge in [-0.2, -0.15) is 0 Å². The van der Waals surface area contributed by atoms with Crippen LogP contribution in [0.1, 0.15) is 54.7 Å². The Morgan fingerprint density at radius 3 is 2.39 bits per heavy atom. The van der Waals surface area contributed by atoms with Crippen molar-refractivity contribution in [3.63, 3.8) is 0 Å². The lowest BCUT2D eigenvalue weighted by Gasteiger charge is -2.17. The zero-order chi connectivity index (χ0) is 20.5. The smallest absolute Gasteiger partial charge is 0.335 e. The maximum Gasteiger partial charge on any atom is 0.335 e. The first kappa shape index (κ1) is 21.3. The van der Waals surface area contributed by atoms with Crippen LogP contribution in [0, 0.1) is 0 Å². The Balaban J connectivity index is 2.00. The van der Waals surface area contributed by atoms with Gasteiger partial charge in [-0.05, 0) is 56.5 Å². The summed E-state index contributed by atoms with van der Waals surface area (Å²) < 4.78 is 11.2. The first-order valence-corrected chi connectivity index (χ1v) is 9.46. The van der Waals surface area contributed by atoms with Crippen molar-refractivity contribution in [1.29, 1.82) is 0 Å². The van der Waals surface area contributed by atoms with Crippen molar-refractivity contribution in [2.75, 3.05) is 13.2 Å². The lowest BCUT2D eigenvalue weighted by Crippen LogP contribution is -2.27. The first-order chi connectivity index (χ1) is 13.5. The second-order valence-corrected chi connectivity index (χ2v) is 6.32. The lowest BCUT2D eigenvalue weighted by atomic mass is 10.0. The minimum absolute atomic E-state index is 0.139. The Kier molecular flexibility index (Phi) is 7.87. The number of benzene rings is 2. The van der Waals surface area contributed by atoms with Gasteiger partial charge in [-0.15, -0.1) is 0 Å². The van der Waals surface area contributed by atoms with Crippen LogP contribution in [0.25, 0.3) is 0 Å². The molecule has 6 nitrogen and oxygen atoms in total. The highest BCUT2D eigenvalue weighted by Gasteiger charge is 2.15. The average Bonchev–Trinajstić information content (AvgIpc) is 2.68. The molecule has 0 spiro atoms. The molecule has 2 aromatic carbocycles. The molecule has 28 heavy (non-hydrogen) atoms. The Labute approximate surface area is 165 Å². The van der Waals surface area contributed by atoms with Gasteiger partial charge in [0.25, 0.3) is 0 Å². The molecular formula is C22H27NO5. The van der Waals surface area contributed by atoms with Crippen molar-refractivity contribution in [2.45, 2.75) is 39.7 Å². The van der Waals surface area contributed by atoms with Crippen LogP contribution >= 0.6 is 0 Å². The molecule has 0 heterocycles. The molecule has 0 aliphatic rings. The number of aromatic carboxylic acids is 1. The molecule has 2 N–H and O–H groups in total. The second-order valence-electron chi connectivity index (χ2n) is 6.32. The number of aryl methyl sites for hydroxylation is 1. The third-order valence-corrected chi connectivity index (χ3v) is 4.31. The molecule has 2 aromatic rings. The van der Waals surface area contributed by atoms with Gasteiger partial charge < -0.3 is 19.9 Å². The van der Waals surface area contributed by atoms with Crippen molar-refractivity contribution in [2.24, 2.45) is 0 Å². The van der Waals surface area contributed by atoms with Gasteiger partial charge in [0.1, 0.15) is 0 Å². The molecule has 6 heteroatoms. The summed E-state index contributed by atoms with van der Waals surface area (Å²) in [5.74, 6) is 0.206. The van der Waals surface area contributed by atoms with E-state index in [2.05, 4.69) is 5.32 Å². The molecule has 0 fully saturated rings. The first-order valence-electron chi connectivity index (χ1n) is 9.46. The summed E-state index contributed by atoms with van der Waals surface area (Å²) in [6.07, 6.45) is 0.582. The highest BCUT2D eigenvalue weighted by atomic mass is 16.5. The standard InChI is InChI=1S/C22H27NO5/c1-4-27-19-12-10-17(14-20(19)28-5-2)15(3)23-21(24)13-11-16-8-6-7-9-18(16)22(25)26/h6-10,12,14-15H,4-5,11,13H2,1-3H3,(H,23,24)(H,25,26). The minimum Gasteiger partial charge on any atom is -0.490 e. The summed E-state index contributed by atoms with van der Waals surface area (Å²) >= 11 is 0. The third kappa shape index (κ3) is 5.74. The van der Waals surface area contributed by atoms with Gasteiger partial charge in [-0.25, -0.2) is 4.79 Å². The topological polar surface area (TPSA) is 84.9 Å². The van der Waals surface area contributed by atoms with E-state index >= 15 is 0 Å². The number of carboxylic acid groups (broad SMARTS) is 1. The number of carboxylic acids is 1. The number of rotatable bonds is 10. The number of hydrogen-bond donors (Lipinski definition) is 2. The number of amides is 1. The zero-order valence-corrected chi connectivity index (χ0v) is 16.5. The third-order valence-electron chi connectivity index (χ3n) is 4.31. The lowest BCUT2D eigenvalue weighted by molar-refractivity contribution is -0.121. The number of carbonyl (C=O) groups is 2. The number of carbonyl (C=O) groups excluding carboxylic acids is 1. The van der Waals surface area contributed by atoms with Crippen LogP contribution in [0.5, 0.6) is 11.5 Å². The van der Waals surface area contributed by atoms with E-state index in [4.69, 9.17) is 9.47 Å². The van der Waals surface area contributed by atoms with Crippen molar-refractivity contribution < 1.29 is 24.2 Å². The quantitative estimate of drug-likeness (QED) is 0.646. The summed E-state index contributed by atoms with van der Waals surface area (Å²) in [5, 5.41) is 12.2. The molecule has 0 saturated heterocycles. The van der Waals surface area contributed by atoms with E-state index < -0.39 is 5.97 Å². The fourth-order valence-corrected chi connectivity index (χ4v) is 2.93. The predicted octanol–water partition coefficient (Wildman–Crippen LogP) is 3.99. The van der Waals surface area contributed by atoms with Gasteiger partial charge >= 0.3 is 5.97 Å². The van der Waals surface area contributed by atoms with Crippen LogP contribution in [0.3, 0.4) is 0 Å². The molecule has 0 radical (unpaired) electrons. The Morgan fingerprint density at radius 1 is 1.04 bits per heavy atom. The SMILES string of the molecule is CCOc1ccc(C(C)NC(=O)CCc2ccccc2C(=O)O)cc1OCC. The highest BCUT2D eigenvalue weighted by molar-refractivity contribution is 5.89. The van der Waals surface area contributed by atoms with Gasteiger partial charge in [0, 0.05) is 6.42 Å².